The Morgan fingerprint density at radius 3 is 3.00 bits per heavy atom. The highest BCUT2D eigenvalue weighted by Gasteiger charge is 2.32. The van der Waals surface area contributed by atoms with Crippen molar-refractivity contribution < 1.29 is 4.79 Å². The van der Waals surface area contributed by atoms with Crippen LogP contribution in [0.2, 0.25) is 5.02 Å². The molecular weight excluding hydrogens is 250 g/mol. The summed E-state index contributed by atoms with van der Waals surface area (Å²) in [7, 11) is 0. The number of anilines is 1. The molecule has 1 aromatic carbocycles. The van der Waals surface area contributed by atoms with Crippen molar-refractivity contribution in [3.63, 3.8) is 0 Å². The van der Waals surface area contributed by atoms with Crippen LogP contribution >= 0.6 is 11.6 Å². The first-order valence-corrected chi connectivity index (χ1v) is 6.29. The molecule has 1 fully saturated rings. The second-order valence-electron chi connectivity index (χ2n) is 4.17. The summed E-state index contributed by atoms with van der Waals surface area (Å²) >= 11 is 6.11. The summed E-state index contributed by atoms with van der Waals surface area (Å²) in [6.45, 7) is 3.40. The molecular formula is C13H14ClN3O. The minimum absolute atomic E-state index is 0.0449. The summed E-state index contributed by atoms with van der Waals surface area (Å²) < 4.78 is 0. The third kappa shape index (κ3) is 2.33. The van der Waals surface area contributed by atoms with Gasteiger partial charge in [-0.1, -0.05) is 18.5 Å². The van der Waals surface area contributed by atoms with Crippen molar-refractivity contribution in [2.24, 2.45) is 0 Å². The lowest BCUT2D eigenvalue weighted by Gasteiger charge is -2.18. The molecule has 0 aromatic heterocycles. The predicted octanol–water partition coefficient (Wildman–Crippen LogP) is 1.93. The van der Waals surface area contributed by atoms with Crippen LogP contribution in [0.1, 0.15) is 18.9 Å². The number of carbonyl (C=O) groups is 1. The Morgan fingerprint density at radius 2 is 2.39 bits per heavy atom. The van der Waals surface area contributed by atoms with E-state index >= 15 is 0 Å². The van der Waals surface area contributed by atoms with Crippen LogP contribution in [0.3, 0.4) is 0 Å². The van der Waals surface area contributed by atoms with Gasteiger partial charge in [-0.2, -0.15) is 5.26 Å². The van der Waals surface area contributed by atoms with Crippen molar-refractivity contribution in [3.05, 3.63) is 28.8 Å². The normalized spacial score (nSPS) is 19.1. The van der Waals surface area contributed by atoms with E-state index in [0.29, 0.717) is 22.8 Å². The van der Waals surface area contributed by atoms with E-state index in [1.165, 1.54) is 0 Å². The Hall–Kier alpha value is -1.57. The van der Waals surface area contributed by atoms with Crippen LogP contribution in [0.15, 0.2) is 18.2 Å². The Morgan fingerprint density at radius 1 is 1.61 bits per heavy atom. The quantitative estimate of drug-likeness (QED) is 0.907. The first kappa shape index (κ1) is 12.9. The second kappa shape index (κ2) is 5.38. The summed E-state index contributed by atoms with van der Waals surface area (Å²) in [5.74, 6) is 0.0449. The molecule has 0 spiro atoms. The summed E-state index contributed by atoms with van der Waals surface area (Å²) in [5, 5.41) is 12.4. The molecule has 2 rings (SSSR count). The van der Waals surface area contributed by atoms with Crippen molar-refractivity contribution in [2.45, 2.75) is 19.4 Å². The van der Waals surface area contributed by atoms with Crippen molar-refractivity contribution in [1.82, 2.24) is 5.32 Å². The Balaban J connectivity index is 2.23. The molecule has 0 bridgehead atoms. The summed E-state index contributed by atoms with van der Waals surface area (Å²) in [4.78, 5) is 13.8. The van der Waals surface area contributed by atoms with Crippen LogP contribution in [0.25, 0.3) is 0 Å². The average molecular weight is 264 g/mol. The van der Waals surface area contributed by atoms with Crippen LogP contribution in [0.4, 0.5) is 5.69 Å². The maximum atomic E-state index is 12.1. The highest BCUT2D eigenvalue weighted by atomic mass is 35.5. The van der Waals surface area contributed by atoms with Gasteiger partial charge in [0.15, 0.2) is 0 Å². The lowest BCUT2D eigenvalue weighted by Crippen LogP contribution is -2.38. The molecule has 0 radical (unpaired) electrons. The fourth-order valence-electron chi connectivity index (χ4n) is 2.15. The third-order valence-electron chi connectivity index (χ3n) is 3.02. The molecule has 1 saturated heterocycles. The number of nitrogens with zero attached hydrogens (tertiary/aromatic N) is 2. The standard InChI is InChI=1S/C13H14ClN3O/c1-2-16-11-5-6-17(13(11)18)12-4-3-9(8-15)7-10(12)14/h3-4,7,11,16H,2,5-6H2,1H3. The molecule has 1 atom stereocenters. The van der Waals surface area contributed by atoms with E-state index in [-0.39, 0.29) is 11.9 Å². The third-order valence-corrected chi connectivity index (χ3v) is 3.33. The maximum absolute atomic E-state index is 12.1. The number of nitrogens with one attached hydrogen (secondary N) is 1. The number of rotatable bonds is 3. The van der Waals surface area contributed by atoms with Crippen LogP contribution in [-0.2, 0) is 4.79 Å². The van der Waals surface area contributed by atoms with Crippen molar-refractivity contribution in [2.75, 3.05) is 18.0 Å². The number of amides is 1. The molecule has 1 unspecified atom stereocenters. The lowest BCUT2D eigenvalue weighted by atomic mass is 10.2. The van der Waals surface area contributed by atoms with E-state index in [9.17, 15) is 4.79 Å². The Labute approximate surface area is 111 Å². The number of benzene rings is 1. The zero-order valence-corrected chi connectivity index (χ0v) is 10.9. The molecule has 1 amide bonds. The van der Waals surface area contributed by atoms with Gasteiger partial charge in [0.05, 0.1) is 28.4 Å². The number of hydrogen-bond donors (Lipinski definition) is 1. The molecule has 4 nitrogen and oxygen atoms in total. The number of likely N-dealkylation sites (N-methyl/N-ethyl adjacent to an activating group) is 1. The molecule has 0 saturated carbocycles. The zero-order valence-electron chi connectivity index (χ0n) is 10.1. The summed E-state index contributed by atoms with van der Waals surface area (Å²) in [6.07, 6.45) is 0.781. The number of nitriles is 1. The van der Waals surface area contributed by atoms with Gasteiger partial charge in [0.2, 0.25) is 5.91 Å². The van der Waals surface area contributed by atoms with E-state index in [4.69, 9.17) is 16.9 Å². The Bertz CT molecular complexity index is 509. The smallest absolute Gasteiger partial charge is 0.244 e. The molecule has 1 N–H and O–H groups in total. The fourth-order valence-corrected chi connectivity index (χ4v) is 2.43. The van der Waals surface area contributed by atoms with Crippen molar-refractivity contribution >= 4 is 23.2 Å². The van der Waals surface area contributed by atoms with Crippen molar-refractivity contribution in [1.29, 1.82) is 5.26 Å². The molecule has 1 aliphatic rings. The van der Waals surface area contributed by atoms with Gasteiger partial charge in [-0.15, -0.1) is 0 Å². The number of hydrogen-bond acceptors (Lipinski definition) is 3. The SMILES string of the molecule is CCNC1CCN(c2ccc(C#N)cc2Cl)C1=O. The van der Waals surface area contributed by atoms with Gasteiger partial charge in [0.1, 0.15) is 0 Å². The van der Waals surface area contributed by atoms with Gasteiger partial charge in [-0.05, 0) is 31.2 Å². The largest absolute Gasteiger partial charge is 0.310 e. The molecule has 1 aromatic rings. The first-order valence-electron chi connectivity index (χ1n) is 5.91. The minimum Gasteiger partial charge on any atom is -0.310 e. The topological polar surface area (TPSA) is 56.1 Å². The van der Waals surface area contributed by atoms with E-state index in [2.05, 4.69) is 5.32 Å². The van der Waals surface area contributed by atoms with Crippen molar-refractivity contribution in [3.8, 4) is 6.07 Å². The highest BCUT2D eigenvalue weighted by Crippen LogP contribution is 2.30. The molecule has 1 aliphatic heterocycles. The first-order chi connectivity index (χ1) is 8.67. The van der Waals surface area contributed by atoms with Gasteiger partial charge in [0, 0.05) is 6.54 Å². The van der Waals surface area contributed by atoms with Gasteiger partial charge in [0.25, 0.3) is 0 Å². The lowest BCUT2D eigenvalue weighted by molar-refractivity contribution is -0.118. The highest BCUT2D eigenvalue weighted by molar-refractivity contribution is 6.34. The molecule has 94 valence electrons. The summed E-state index contributed by atoms with van der Waals surface area (Å²) in [6, 6.07) is 6.90. The van der Waals surface area contributed by atoms with Crippen LogP contribution < -0.4 is 10.2 Å². The Kier molecular flexibility index (Phi) is 3.85. The zero-order chi connectivity index (χ0) is 13.1. The predicted molar refractivity (Wildman–Crippen MR) is 70.6 cm³/mol. The minimum atomic E-state index is -0.123. The van der Waals surface area contributed by atoms with Gasteiger partial charge in [-0.3, -0.25) is 4.79 Å². The maximum Gasteiger partial charge on any atom is 0.244 e. The van der Waals surface area contributed by atoms with E-state index in [1.807, 2.05) is 13.0 Å². The van der Waals surface area contributed by atoms with Gasteiger partial charge >= 0.3 is 0 Å². The second-order valence-corrected chi connectivity index (χ2v) is 4.57. The monoisotopic (exact) mass is 263 g/mol. The number of halogens is 1. The van der Waals surface area contributed by atoms with E-state index in [0.717, 1.165) is 13.0 Å². The van der Waals surface area contributed by atoms with Crippen LogP contribution in [0.5, 0.6) is 0 Å². The molecule has 0 aliphatic carbocycles. The van der Waals surface area contributed by atoms with Crippen LogP contribution in [-0.4, -0.2) is 25.0 Å². The molecule has 18 heavy (non-hydrogen) atoms. The summed E-state index contributed by atoms with van der Waals surface area (Å²) in [5.41, 5.74) is 1.18. The number of carbonyl (C=O) groups excluding carboxylic acids is 1. The van der Waals surface area contributed by atoms with E-state index < -0.39 is 0 Å². The molecule has 5 heteroatoms. The van der Waals surface area contributed by atoms with Crippen LogP contribution in [0, 0.1) is 11.3 Å². The van der Waals surface area contributed by atoms with E-state index in [1.54, 1.807) is 23.1 Å². The van der Waals surface area contributed by atoms with Gasteiger partial charge in [-0.25, -0.2) is 0 Å². The average Bonchev–Trinajstić information content (AvgIpc) is 2.72. The molecule has 1 heterocycles. The fraction of sp³-hybridized carbons (Fsp3) is 0.385. The van der Waals surface area contributed by atoms with Gasteiger partial charge < -0.3 is 10.2 Å².